The molecule has 4 aromatic rings. The summed E-state index contributed by atoms with van der Waals surface area (Å²) in [4.78, 5) is 28.3. The van der Waals surface area contributed by atoms with Crippen molar-refractivity contribution >= 4 is 22.9 Å². The van der Waals surface area contributed by atoms with Crippen LogP contribution in [-0.4, -0.2) is 27.3 Å². The van der Waals surface area contributed by atoms with E-state index in [4.69, 9.17) is 4.74 Å². The first-order chi connectivity index (χ1) is 15.8. The minimum atomic E-state index is -0.544. The number of aryl methyl sites for hydroxylation is 2. The number of rotatable bonds is 6. The van der Waals surface area contributed by atoms with Crippen LogP contribution in [0.2, 0.25) is 0 Å². The van der Waals surface area contributed by atoms with Crippen LogP contribution < -0.4 is 10.1 Å². The van der Waals surface area contributed by atoms with Crippen molar-refractivity contribution in [3.63, 3.8) is 0 Å². The first-order valence-electron chi connectivity index (χ1n) is 10.1. The Balaban J connectivity index is 1.74. The molecule has 9 heteroatoms. The number of benzene rings is 2. The predicted molar refractivity (Wildman–Crippen MR) is 122 cm³/mol. The highest BCUT2D eigenvalue weighted by atomic mass is 19.1. The number of nitro benzene ring substituents is 1. The number of amides is 1. The second kappa shape index (κ2) is 8.70. The molecule has 0 aliphatic heterocycles. The molecule has 2 heterocycles. The van der Waals surface area contributed by atoms with E-state index in [1.807, 2.05) is 29.7 Å². The number of carbonyl (C=O) groups excluding carboxylic acids is 1. The number of nitrogens with zero attached hydrogens (tertiary/aromatic N) is 3. The summed E-state index contributed by atoms with van der Waals surface area (Å²) >= 11 is 0. The topological polar surface area (TPSA) is 98.8 Å². The van der Waals surface area contributed by atoms with Gasteiger partial charge >= 0.3 is 0 Å². The normalized spacial score (nSPS) is 10.9. The lowest BCUT2D eigenvalue weighted by atomic mass is 10.1. The maximum Gasteiger partial charge on any atom is 0.271 e. The van der Waals surface area contributed by atoms with Crippen LogP contribution in [0.3, 0.4) is 0 Å². The monoisotopic (exact) mass is 448 g/mol. The van der Waals surface area contributed by atoms with E-state index in [-0.39, 0.29) is 23.6 Å². The lowest BCUT2D eigenvalue weighted by molar-refractivity contribution is -0.384. The van der Waals surface area contributed by atoms with Gasteiger partial charge in [-0.15, -0.1) is 0 Å². The first kappa shape index (κ1) is 21.9. The largest absolute Gasteiger partial charge is 0.495 e. The van der Waals surface area contributed by atoms with E-state index in [2.05, 4.69) is 10.3 Å². The minimum absolute atomic E-state index is 0.0672. The molecule has 4 rings (SSSR count). The number of ether oxygens (including phenoxy) is 1. The number of hydrogen-bond donors (Lipinski definition) is 1. The second-order valence-electron chi connectivity index (χ2n) is 7.67. The number of pyridine rings is 1. The van der Waals surface area contributed by atoms with Gasteiger partial charge in [0, 0.05) is 23.9 Å². The summed E-state index contributed by atoms with van der Waals surface area (Å²) in [5.41, 5.74) is 3.98. The van der Waals surface area contributed by atoms with E-state index in [0.29, 0.717) is 33.9 Å². The lowest BCUT2D eigenvalue weighted by Gasteiger charge is -2.11. The maximum atomic E-state index is 13.8. The van der Waals surface area contributed by atoms with Crippen molar-refractivity contribution in [2.75, 3.05) is 12.4 Å². The van der Waals surface area contributed by atoms with E-state index < -0.39 is 10.8 Å². The summed E-state index contributed by atoms with van der Waals surface area (Å²) in [5, 5.41) is 13.8. The van der Waals surface area contributed by atoms with Crippen LogP contribution in [0.1, 0.15) is 16.8 Å². The molecule has 0 atom stereocenters. The van der Waals surface area contributed by atoms with Crippen LogP contribution in [0.15, 0.2) is 54.7 Å². The third-order valence-electron chi connectivity index (χ3n) is 5.29. The summed E-state index contributed by atoms with van der Waals surface area (Å²) < 4.78 is 20.9. The van der Waals surface area contributed by atoms with Crippen molar-refractivity contribution in [1.82, 2.24) is 9.38 Å². The Morgan fingerprint density at radius 1 is 1.18 bits per heavy atom. The van der Waals surface area contributed by atoms with Gasteiger partial charge in [-0.25, -0.2) is 9.37 Å². The predicted octanol–water partition coefficient (Wildman–Crippen LogP) is 4.86. The smallest absolute Gasteiger partial charge is 0.271 e. The molecule has 0 aliphatic rings. The Morgan fingerprint density at radius 2 is 1.97 bits per heavy atom. The molecule has 0 fully saturated rings. The number of halogens is 1. The Labute approximate surface area is 188 Å². The number of methoxy groups -OCH3 is 1. The molecule has 0 spiro atoms. The number of anilines is 1. The van der Waals surface area contributed by atoms with Crippen LogP contribution in [0.25, 0.3) is 16.9 Å². The highest BCUT2D eigenvalue weighted by molar-refractivity contribution is 5.95. The molecule has 1 amide bonds. The van der Waals surface area contributed by atoms with Crippen molar-refractivity contribution in [3.8, 4) is 17.0 Å². The number of aromatic nitrogens is 2. The fourth-order valence-corrected chi connectivity index (χ4v) is 3.65. The zero-order chi connectivity index (χ0) is 23.7. The summed E-state index contributed by atoms with van der Waals surface area (Å²) in [6.07, 6.45) is 1.81. The van der Waals surface area contributed by atoms with E-state index in [0.717, 1.165) is 5.56 Å². The molecule has 8 nitrogen and oxygen atoms in total. The molecule has 33 heavy (non-hydrogen) atoms. The number of hydrogen-bond acceptors (Lipinski definition) is 5. The van der Waals surface area contributed by atoms with Crippen molar-refractivity contribution in [1.29, 1.82) is 0 Å². The summed E-state index contributed by atoms with van der Waals surface area (Å²) in [5.74, 6) is -0.426. The number of nitro groups is 1. The maximum absolute atomic E-state index is 13.8. The zero-order valence-electron chi connectivity index (χ0n) is 18.3. The molecular weight excluding hydrogens is 427 g/mol. The van der Waals surface area contributed by atoms with Gasteiger partial charge in [0.25, 0.3) is 5.69 Å². The van der Waals surface area contributed by atoms with Crippen LogP contribution in [0.5, 0.6) is 5.75 Å². The molecule has 168 valence electrons. The highest BCUT2D eigenvalue weighted by Crippen LogP contribution is 2.30. The SMILES string of the molecule is COc1ccc([N+](=O)[O-])cc1NC(=O)Cc1c(-c2ccc(F)c(C)c2)nc2ccc(C)cn12. The molecule has 0 unspecified atom stereocenters. The summed E-state index contributed by atoms with van der Waals surface area (Å²) in [6, 6.07) is 12.4. The van der Waals surface area contributed by atoms with Crippen LogP contribution in [-0.2, 0) is 11.2 Å². The highest BCUT2D eigenvalue weighted by Gasteiger charge is 2.20. The number of nitrogens with one attached hydrogen (secondary N) is 1. The number of non-ortho nitro benzene ring substituents is 1. The van der Waals surface area contributed by atoms with Gasteiger partial charge in [0.1, 0.15) is 17.2 Å². The minimum Gasteiger partial charge on any atom is -0.495 e. The third-order valence-corrected chi connectivity index (χ3v) is 5.29. The fourth-order valence-electron chi connectivity index (χ4n) is 3.65. The summed E-state index contributed by atoms with van der Waals surface area (Å²) in [6.45, 7) is 3.60. The quantitative estimate of drug-likeness (QED) is 0.336. The molecule has 2 aromatic carbocycles. The van der Waals surface area contributed by atoms with Crippen LogP contribution in [0, 0.1) is 29.8 Å². The average Bonchev–Trinajstić information content (AvgIpc) is 3.12. The molecule has 0 aliphatic carbocycles. The molecule has 0 saturated carbocycles. The Hall–Kier alpha value is -4.27. The van der Waals surface area contributed by atoms with E-state index in [1.165, 1.54) is 31.4 Å². The van der Waals surface area contributed by atoms with Gasteiger partial charge in [0.2, 0.25) is 5.91 Å². The van der Waals surface area contributed by atoms with E-state index in [9.17, 15) is 19.3 Å². The van der Waals surface area contributed by atoms with Crippen molar-refractivity contribution < 1.29 is 18.8 Å². The third kappa shape index (κ3) is 4.38. The number of fused-ring (bicyclic) bond motifs is 1. The van der Waals surface area contributed by atoms with Gasteiger partial charge in [0.05, 0.1) is 35.5 Å². The van der Waals surface area contributed by atoms with Gasteiger partial charge < -0.3 is 14.5 Å². The Kier molecular flexibility index (Phi) is 5.78. The summed E-state index contributed by atoms with van der Waals surface area (Å²) in [7, 11) is 1.42. The van der Waals surface area contributed by atoms with E-state index in [1.54, 1.807) is 19.1 Å². The van der Waals surface area contributed by atoms with Gasteiger partial charge in [-0.1, -0.05) is 6.07 Å². The number of carbonyl (C=O) groups is 1. The molecule has 2 aromatic heterocycles. The van der Waals surface area contributed by atoms with Gasteiger partial charge in [0.15, 0.2) is 0 Å². The van der Waals surface area contributed by atoms with Gasteiger partial charge in [-0.2, -0.15) is 0 Å². The molecule has 0 saturated heterocycles. The molecule has 0 radical (unpaired) electrons. The zero-order valence-corrected chi connectivity index (χ0v) is 18.3. The Bertz CT molecular complexity index is 1400. The molecular formula is C24H21FN4O4. The number of imidazole rings is 1. The average molecular weight is 448 g/mol. The lowest BCUT2D eigenvalue weighted by Crippen LogP contribution is -2.17. The standard InChI is InChI=1S/C24H21FN4O4/c1-14-4-9-22-27-24(16-5-7-18(25)15(2)10-16)20(28(22)13-14)12-23(30)26-19-11-17(29(31)32)6-8-21(19)33-3/h4-11,13H,12H2,1-3H3,(H,26,30). The van der Waals surface area contributed by atoms with Crippen LogP contribution in [0.4, 0.5) is 15.8 Å². The Morgan fingerprint density at radius 3 is 2.67 bits per heavy atom. The second-order valence-corrected chi connectivity index (χ2v) is 7.67. The van der Waals surface area contributed by atoms with Crippen molar-refractivity contribution in [3.05, 3.63) is 87.5 Å². The molecule has 1 N–H and O–H groups in total. The first-order valence-corrected chi connectivity index (χ1v) is 10.1. The molecule has 0 bridgehead atoms. The fraction of sp³-hybridized carbons (Fsp3) is 0.167. The van der Waals surface area contributed by atoms with E-state index >= 15 is 0 Å². The van der Waals surface area contributed by atoms with Crippen molar-refractivity contribution in [2.45, 2.75) is 20.3 Å². The van der Waals surface area contributed by atoms with Crippen LogP contribution >= 0.6 is 0 Å². The van der Waals surface area contributed by atoms with Gasteiger partial charge in [-0.05, 0) is 55.3 Å². The van der Waals surface area contributed by atoms with Crippen molar-refractivity contribution in [2.24, 2.45) is 0 Å². The van der Waals surface area contributed by atoms with Gasteiger partial charge in [-0.3, -0.25) is 14.9 Å².